The summed E-state index contributed by atoms with van der Waals surface area (Å²) in [6.45, 7) is 8.59. The molecule has 0 saturated carbocycles. The van der Waals surface area contributed by atoms with Gasteiger partial charge in [0.25, 0.3) is 0 Å². The van der Waals surface area contributed by atoms with Gasteiger partial charge in [0.2, 0.25) is 0 Å². The third-order valence-corrected chi connectivity index (χ3v) is 3.93. The molecule has 2 aromatic carbocycles. The molecule has 3 N–H and O–H groups in total. The van der Waals surface area contributed by atoms with Crippen LogP contribution in [0.2, 0.25) is 0 Å². The van der Waals surface area contributed by atoms with Crippen molar-refractivity contribution in [2.24, 2.45) is 4.99 Å². The molecular weight excluding hydrogens is 298 g/mol. The van der Waals surface area contributed by atoms with Gasteiger partial charge in [-0.2, -0.15) is 0 Å². The summed E-state index contributed by atoms with van der Waals surface area (Å²) < 4.78 is 0. The van der Waals surface area contributed by atoms with Gasteiger partial charge in [-0.3, -0.25) is 0 Å². The van der Waals surface area contributed by atoms with Gasteiger partial charge in [0.1, 0.15) is 5.75 Å². The number of guanidine groups is 1. The van der Waals surface area contributed by atoms with Crippen LogP contribution < -0.4 is 10.6 Å². The predicted octanol–water partition coefficient (Wildman–Crippen LogP) is 3.43. The average molecular weight is 325 g/mol. The minimum Gasteiger partial charge on any atom is -0.508 e. The first-order chi connectivity index (χ1) is 11.5. The third kappa shape index (κ3) is 5.30. The summed E-state index contributed by atoms with van der Waals surface area (Å²) in [5.41, 5.74) is 2.28. The molecule has 0 aromatic heterocycles. The Morgan fingerprint density at radius 1 is 1.04 bits per heavy atom. The molecule has 0 bridgehead atoms. The molecule has 0 saturated heterocycles. The molecule has 0 amide bonds. The Bertz CT molecular complexity index is 666. The molecule has 0 heterocycles. The first kappa shape index (κ1) is 17.9. The number of hydrogen-bond acceptors (Lipinski definition) is 2. The number of phenols is 1. The lowest BCUT2D eigenvalue weighted by Gasteiger charge is -2.26. The minimum atomic E-state index is 0.00245. The van der Waals surface area contributed by atoms with E-state index in [1.54, 1.807) is 12.1 Å². The van der Waals surface area contributed by atoms with E-state index in [0.717, 1.165) is 24.6 Å². The monoisotopic (exact) mass is 325 g/mol. The molecule has 0 radical (unpaired) electrons. The highest BCUT2D eigenvalue weighted by Gasteiger charge is 2.20. The van der Waals surface area contributed by atoms with Crippen molar-refractivity contribution in [2.75, 3.05) is 13.1 Å². The van der Waals surface area contributed by atoms with Crippen LogP contribution in [0.25, 0.3) is 0 Å². The molecule has 24 heavy (non-hydrogen) atoms. The van der Waals surface area contributed by atoms with Crippen molar-refractivity contribution in [3.05, 3.63) is 65.7 Å². The highest BCUT2D eigenvalue weighted by atomic mass is 16.3. The Kier molecular flexibility index (Phi) is 6.24. The zero-order chi connectivity index (χ0) is 17.4. The van der Waals surface area contributed by atoms with Crippen LogP contribution in [-0.4, -0.2) is 24.2 Å². The maximum absolute atomic E-state index is 9.54. The third-order valence-electron chi connectivity index (χ3n) is 3.93. The summed E-state index contributed by atoms with van der Waals surface area (Å²) in [5, 5.41) is 16.2. The van der Waals surface area contributed by atoms with Gasteiger partial charge in [0.05, 0.1) is 6.54 Å². The molecule has 0 unspecified atom stereocenters. The van der Waals surface area contributed by atoms with Gasteiger partial charge >= 0.3 is 0 Å². The van der Waals surface area contributed by atoms with E-state index in [9.17, 15) is 5.11 Å². The van der Waals surface area contributed by atoms with Crippen LogP contribution in [-0.2, 0) is 12.0 Å². The second kappa shape index (κ2) is 8.39. The number of hydrogen-bond donors (Lipinski definition) is 3. The van der Waals surface area contributed by atoms with Crippen LogP contribution in [0, 0.1) is 0 Å². The number of aromatic hydroxyl groups is 1. The molecule has 0 aliphatic heterocycles. The van der Waals surface area contributed by atoms with Crippen LogP contribution >= 0.6 is 0 Å². The van der Waals surface area contributed by atoms with E-state index in [-0.39, 0.29) is 11.2 Å². The first-order valence-corrected chi connectivity index (χ1v) is 8.37. The van der Waals surface area contributed by atoms with Crippen LogP contribution in [0.1, 0.15) is 31.9 Å². The molecule has 0 spiro atoms. The Hall–Kier alpha value is -2.49. The molecule has 2 rings (SSSR count). The summed E-state index contributed by atoms with van der Waals surface area (Å²) in [5.74, 6) is 1.05. The molecule has 4 nitrogen and oxygen atoms in total. The van der Waals surface area contributed by atoms with Gasteiger partial charge in [-0.05, 0) is 30.2 Å². The number of benzene rings is 2. The SMILES string of the molecule is CCNC(=NCc1cccc(O)c1)NCC(C)(C)c1ccccc1. The molecule has 0 aliphatic rings. The number of rotatable bonds is 6. The molecule has 128 valence electrons. The normalized spacial score (nSPS) is 12.0. The zero-order valence-electron chi connectivity index (χ0n) is 14.7. The molecule has 0 atom stereocenters. The maximum atomic E-state index is 9.54. The van der Waals surface area contributed by atoms with Crippen molar-refractivity contribution in [3.63, 3.8) is 0 Å². The van der Waals surface area contributed by atoms with Crippen LogP contribution in [0.5, 0.6) is 5.75 Å². The molecule has 0 fully saturated rings. The van der Waals surface area contributed by atoms with Gasteiger partial charge in [-0.15, -0.1) is 0 Å². The summed E-state index contributed by atoms with van der Waals surface area (Å²) in [6.07, 6.45) is 0. The zero-order valence-corrected chi connectivity index (χ0v) is 14.7. The standard InChI is InChI=1S/C20H27N3O/c1-4-21-19(22-14-16-9-8-12-18(24)13-16)23-15-20(2,3)17-10-6-5-7-11-17/h5-13,24H,4,14-15H2,1-3H3,(H2,21,22,23). The quantitative estimate of drug-likeness (QED) is 0.563. The van der Waals surface area contributed by atoms with E-state index in [4.69, 9.17) is 0 Å². The molecule has 2 aromatic rings. The van der Waals surface area contributed by atoms with E-state index in [1.165, 1.54) is 5.56 Å². The number of nitrogens with zero attached hydrogens (tertiary/aromatic N) is 1. The Morgan fingerprint density at radius 2 is 1.79 bits per heavy atom. The second-order valence-corrected chi connectivity index (χ2v) is 6.47. The van der Waals surface area contributed by atoms with Gasteiger partial charge < -0.3 is 15.7 Å². The fourth-order valence-corrected chi connectivity index (χ4v) is 2.46. The second-order valence-electron chi connectivity index (χ2n) is 6.47. The van der Waals surface area contributed by atoms with E-state index >= 15 is 0 Å². The summed E-state index contributed by atoms with van der Waals surface area (Å²) in [4.78, 5) is 4.60. The largest absolute Gasteiger partial charge is 0.508 e. The maximum Gasteiger partial charge on any atom is 0.191 e. The van der Waals surface area contributed by atoms with Crippen LogP contribution in [0.3, 0.4) is 0 Å². The highest BCUT2D eigenvalue weighted by Crippen LogP contribution is 2.21. The first-order valence-electron chi connectivity index (χ1n) is 8.37. The van der Waals surface area contributed by atoms with Gasteiger partial charge in [0.15, 0.2) is 5.96 Å². The van der Waals surface area contributed by atoms with E-state index in [0.29, 0.717) is 6.54 Å². The predicted molar refractivity (Wildman–Crippen MR) is 100 cm³/mol. The highest BCUT2D eigenvalue weighted by molar-refractivity contribution is 5.79. The van der Waals surface area contributed by atoms with Crippen molar-refractivity contribution >= 4 is 5.96 Å². The van der Waals surface area contributed by atoms with E-state index in [2.05, 4.69) is 53.7 Å². The van der Waals surface area contributed by atoms with Gasteiger partial charge in [0, 0.05) is 18.5 Å². The van der Waals surface area contributed by atoms with E-state index in [1.807, 2.05) is 25.1 Å². The Balaban J connectivity index is 2.01. The summed E-state index contributed by atoms with van der Waals surface area (Å²) >= 11 is 0. The van der Waals surface area contributed by atoms with Crippen molar-refractivity contribution < 1.29 is 5.11 Å². The fourth-order valence-electron chi connectivity index (χ4n) is 2.46. The van der Waals surface area contributed by atoms with Crippen LogP contribution in [0.4, 0.5) is 0 Å². The molecular formula is C20H27N3O. The topological polar surface area (TPSA) is 56.7 Å². The Labute approximate surface area is 144 Å². The van der Waals surface area contributed by atoms with Gasteiger partial charge in [-0.1, -0.05) is 56.3 Å². The van der Waals surface area contributed by atoms with Crippen molar-refractivity contribution in [2.45, 2.75) is 32.7 Å². The fraction of sp³-hybridized carbons (Fsp3) is 0.350. The summed E-state index contributed by atoms with van der Waals surface area (Å²) in [7, 11) is 0. The molecule has 4 heteroatoms. The number of phenolic OH excluding ortho intramolecular Hbond substituents is 1. The Morgan fingerprint density at radius 3 is 2.46 bits per heavy atom. The number of nitrogens with one attached hydrogen (secondary N) is 2. The minimum absolute atomic E-state index is 0.00245. The van der Waals surface area contributed by atoms with Gasteiger partial charge in [-0.25, -0.2) is 4.99 Å². The van der Waals surface area contributed by atoms with E-state index < -0.39 is 0 Å². The lowest BCUT2D eigenvalue weighted by atomic mass is 9.85. The lowest BCUT2D eigenvalue weighted by molar-refractivity contribution is 0.474. The van der Waals surface area contributed by atoms with Crippen molar-refractivity contribution in [3.8, 4) is 5.75 Å². The average Bonchev–Trinajstić information content (AvgIpc) is 2.58. The number of aliphatic imine (C=N–C) groups is 1. The summed E-state index contributed by atoms with van der Waals surface area (Å²) in [6, 6.07) is 17.7. The molecule has 0 aliphatic carbocycles. The smallest absolute Gasteiger partial charge is 0.191 e. The lowest BCUT2D eigenvalue weighted by Crippen LogP contribution is -2.43. The van der Waals surface area contributed by atoms with Crippen molar-refractivity contribution in [1.82, 2.24) is 10.6 Å². The van der Waals surface area contributed by atoms with Crippen LogP contribution in [0.15, 0.2) is 59.6 Å². The van der Waals surface area contributed by atoms with Crippen molar-refractivity contribution in [1.29, 1.82) is 0 Å².